The van der Waals surface area contributed by atoms with E-state index in [1.165, 1.54) is 57.1 Å². The third kappa shape index (κ3) is 8.54. The molecule has 0 fully saturated rings. The van der Waals surface area contributed by atoms with Crippen molar-refractivity contribution in [1.29, 1.82) is 0 Å². The van der Waals surface area contributed by atoms with Gasteiger partial charge >= 0.3 is 0 Å². The van der Waals surface area contributed by atoms with E-state index < -0.39 is 10.1 Å². The van der Waals surface area contributed by atoms with Gasteiger partial charge in [-0.2, -0.15) is 0 Å². The maximum atomic E-state index is 10.8. The lowest BCUT2D eigenvalue weighted by atomic mass is 10.0. The van der Waals surface area contributed by atoms with Crippen LogP contribution in [-0.4, -0.2) is 13.0 Å². The highest BCUT2D eigenvalue weighted by molar-refractivity contribution is 7.85. The van der Waals surface area contributed by atoms with E-state index in [4.69, 9.17) is 0 Å². The number of rotatable bonds is 11. The molecule has 0 heterocycles. The molecule has 22 heavy (non-hydrogen) atoms. The smallest absolute Gasteiger partial charge is 0.124 e. The van der Waals surface area contributed by atoms with Crippen molar-refractivity contribution in [3.63, 3.8) is 0 Å². The van der Waals surface area contributed by atoms with Gasteiger partial charge < -0.3 is 4.55 Å². The van der Waals surface area contributed by atoms with Crippen LogP contribution in [0.3, 0.4) is 0 Å². The summed E-state index contributed by atoms with van der Waals surface area (Å²) in [6.07, 6.45) is 11.3. The first kappa shape index (κ1) is 19.2. The predicted octanol–water partition coefficient (Wildman–Crippen LogP) is 4.91. The van der Waals surface area contributed by atoms with Crippen molar-refractivity contribution >= 4 is 10.1 Å². The number of benzene rings is 1. The van der Waals surface area contributed by atoms with E-state index in [0.29, 0.717) is 0 Å². The fourth-order valence-corrected chi connectivity index (χ4v) is 3.06. The molecule has 0 aromatic heterocycles. The quantitative estimate of drug-likeness (QED) is 0.429. The van der Waals surface area contributed by atoms with Crippen molar-refractivity contribution < 1.29 is 13.0 Å². The number of hydrogen-bond acceptors (Lipinski definition) is 3. The lowest BCUT2D eigenvalue weighted by Crippen LogP contribution is -1.98. The number of unbranched alkanes of at least 4 members (excludes halogenated alkanes) is 6. The monoisotopic (exact) mass is 325 g/mol. The summed E-state index contributed by atoms with van der Waals surface area (Å²) in [5.74, 6) is 0.822. The Morgan fingerprint density at radius 2 is 1.36 bits per heavy atom. The molecule has 0 saturated heterocycles. The van der Waals surface area contributed by atoms with Crippen LogP contribution >= 0.6 is 0 Å². The van der Waals surface area contributed by atoms with Crippen LogP contribution in [-0.2, 0) is 16.5 Å². The topological polar surface area (TPSA) is 57.2 Å². The van der Waals surface area contributed by atoms with Crippen molar-refractivity contribution in [3.8, 4) is 0 Å². The van der Waals surface area contributed by atoms with Gasteiger partial charge in [0.15, 0.2) is 0 Å². The lowest BCUT2D eigenvalue weighted by Gasteiger charge is -2.08. The van der Waals surface area contributed by atoms with Gasteiger partial charge in [0.25, 0.3) is 0 Å². The van der Waals surface area contributed by atoms with E-state index >= 15 is 0 Å². The normalized spacial score (nSPS) is 12.0. The first-order chi connectivity index (χ1) is 10.4. The van der Waals surface area contributed by atoms with Crippen LogP contribution in [0.25, 0.3) is 0 Å². The fraction of sp³-hybridized carbons (Fsp3) is 0.667. The average Bonchev–Trinajstić information content (AvgIpc) is 2.45. The highest BCUT2D eigenvalue weighted by Gasteiger charge is 2.01. The van der Waals surface area contributed by atoms with Crippen LogP contribution in [0.15, 0.2) is 29.2 Å². The van der Waals surface area contributed by atoms with E-state index in [1.54, 1.807) is 12.1 Å². The van der Waals surface area contributed by atoms with Gasteiger partial charge in [-0.05, 0) is 36.5 Å². The van der Waals surface area contributed by atoms with Crippen LogP contribution in [0.4, 0.5) is 0 Å². The maximum Gasteiger partial charge on any atom is 0.124 e. The minimum atomic E-state index is -4.32. The van der Waals surface area contributed by atoms with Crippen LogP contribution in [0.2, 0.25) is 0 Å². The Labute approximate surface area is 135 Å². The molecular weight excluding hydrogens is 296 g/mol. The van der Waals surface area contributed by atoms with Gasteiger partial charge in [0.05, 0.1) is 4.90 Å². The van der Waals surface area contributed by atoms with Gasteiger partial charge in [0, 0.05) is 0 Å². The molecule has 0 spiro atoms. The molecule has 0 amide bonds. The van der Waals surface area contributed by atoms with E-state index in [9.17, 15) is 13.0 Å². The first-order valence-corrected chi connectivity index (χ1v) is 9.85. The third-order valence-corrected chi connectivity index (χ3v) is 4.81. The Bertz CT molecular complexity index is 504. The maximum absolute atomic E-state index is 10.8. The predicted molar refractivity (Wildman–Crippen MR) is 89.9 cm³/mol. The number of hydrogen-bond donors (Lipinski definition) is 0. The second kappa shape index (κ2) is 10.0. The standard InChI is InChI=1S/C18H30O3S/c1-16(2)10-8-6-4-3-5-7-9-11-17-12-14-18(15-13-17)22(19,20)21/h12-16H,3-11H2,1-2H3,(H,19,20,21)/p-1. The fourth-order valence-electron chi connectivity index (χ4n) is 2.59. The molecule has 126 valence electrons. The minimum absolute atomic E-state index is 0.141. The van der Waals surface area contributed by atoms with Crippen LogP contribution in [0.5, 0.6) is 0 Å². The lowest BCUT2D eigenvalue weighted by molar-refractivity contribution is 0.463. The molecule has 0 radical (unpaired) electrons. The summed E-state index contributed by atoms with van der Waals surface area (Å²) < 4.78 is 32.5. The highest BCUT2D eigenvalue weighted by Crippen LogP contribution is 2.15. The van der Waals surface area contributed by atoms with Gasteiger partial charge in [-0.3, -0.25) is 0 Å². The minimum Gasteiger partial charge on any atom is -0.744 e. The van der Waals surface area contributed by atoms with Crippen LogP contribution in [0.1, 0.15) is 70.8 Å². The Morgan fingerprint density at radius 1 is 0.864 bits per heavy atom. The summed E-state index contributed by atoms with van der Waals surface area (Å²) in [7, 11) is -4.32. The Balaban J connectivity index is 2.08. The van der Waals surface area contributed by atoms with Gasteiger partial charge in [-0.25, -0.2) is 8.42 Å². The van der Waals surface area contributed by atoms with Crippen molar-refractivity contribution in [2.75, 3.05) is 0 Å². The summed E-state index contributed by atoms with van der Waals surface area (Å²) in [6, 6.07) is 6.31. The van der Waals surface area contributed by atoms with Crippen molar-refractivity contribution in [3.05, 3.63) is 29.8 Å². The molecule has 0 bridgehead atoms. The Morgan fingerprint density at radius 3 is 1.86 bits per heavy atom. The van der Waals surface area contributed by atoms with Gasteiger partial charge in [0.2, 0.25) is 0 Å². The summed E-state index contributed by atoms with van der Waals surface area (Å²) in [6.45, 7) is 4.55. The highest BCUT2D eigenvalue weighted by atomic mass is 32.2. The van der Waals surface area contributed by atoms with Crippen LogP contribution < -0.4 is 0 Å². The molecule has 0 saturated carbocycles. The van der Waals surface area contributed by atoms with Gasteiger partial charge in [0.1, 0.15) is 10.1 Å². The molecule has 0 N–H and O–H groups in total. The molecule has 1 aromatic rings. The molecule has 0 unspecified atom stereocenters. The molecule has 3 nitrogen and oxygen atoms in total. The molecule has 1 aromatic carbocycles. The molecule has 0 aliphatic rings. The zero-order chi connectivity index (χ0) is 16.4. The third-order valence-electron chi connectivity index (χ3n) is 3.96. The van der Waals surface area contributed by atoms with Crippen molar-refractivity contribution in [1.82, 2.24) is 0 Å². The Kier molecular flexibility index (Phi) is 8.72. The summed E-state index contributed by atoms with van der Waals surface area (Å²) in [5, 5.41) is 0. The molecule has 0 atom stereocenters. The van der Waals surface area contributed by atoms with Crippen LogP contribution in [0, 0.1) is 5.92 Å². The largest absolute Gasteiger partial charge is 0.744 e. The van der Waals surface area contributed by atoms with Crippen molar-refractivity contribution in [2.24, 2.45) is 5.92 Å². The van der Waals surface area contributed by atoms with E-state index in [2.05, 4.69) is 13.8 Å². The molecule has 0 aliphatic heterocycles. The summed E-state index contributed by atoms with van der Waals surface area (Å²) in [4.78, 5) is -0.141. The molecule has 0 aliphatic carbocycles. The zero-order valence-electron chi connectivity index (χ0n) is 13.9. The van der Waals surface area contributed by atoms with Gasteiger partial charge in [-0.1, -0.05) is 70.9 Å². The van der Waals surface area contributed by atoms with E-state index in [0.717, 1.165) is 24.3 Å². The SMILES string of the molecule is CC(C)CCCCCCCCCc1ccc(S(=O)(=O)[O-])cc1. The molecule has 1 rings (SSSR count). The van der Waals surface area contributed by atoms with E-state index in [1.807, 2.05) is 0 Å². The number of aryl methyl sites for hydroxylation is 1. The summed E-state index contributed by atoms with van der Waals surface area (Å²) in [5.41, 5.74) is 1.10. The molecule has 4 heteroatoms. The second-order valence-electron chi connectivity index (χ2n) is 6.51. The van der Waals surface area contributed by atoms with E-state index in [-0.39, 0.29) is 4.90 Å². The summed E-state index contributed by atoms with van der Waals surface area (Å²) >= 11 is 0. The average molecular weight is 325 g/mol. The zero-order valence-corrected chi connectivity index (χ0v) is 14.7. The van der Waals surface area contributed by atoms with Gasteiger partial charge in [-0.15, -0.1) is 0 Å². The second-order valence-corrected chi connectivity index (χ2v) is 7.89. The van der Waals surface area contributed by atoms with Crippen molar-refractivity contribution in [2.45, 2.75) is 76.5 Å². The Hall–Kier alpha value is -0.870. The molecular formula is C18H29O3S-. The first-order valence-electron chi connectivity index (χ1n) is 8.44.